The van der Waals surface area contributed by atoms with Gasteiger partial charge in [0.2, 0.25) is 5.91 Å². The molecule has 0 aromatic heterocycles. The first-order chi connectivity index (χ1) is 9.85. The molecule has 1 unspecified atom stereocenters. The van der Waals surface area contributed by atoms with Crippen LogP contribution in [0.25, 0.3) is 0 Å². The Bertz CT molecular complexity index is 309. The van der Waals surface area contributed by atoms with Crippen LogP contribution in [0.15, 0.2) is 0 Å². The lowest BCUT2D eigenvalue weighted by atomic mass is 9.93. The van der Waals surface area contributed by atoms with E-state index in [-0.39, 0.29) is 5.91 Å². The molecule has 2 N–H and O–H groups in total. The third-order valence-corrected chi connectivity index (χ3v) is 4.77. The Morgan fingerprint density at radius 2 is 1.81 bits per heavy atom. The standard InChI is InChI=1S/C17H35N3O/c1-13(2)10-15(12-18)11-17(21)19(5)16-6-8-20(9-7-16)14(3)4/h13-16H,6-12,18H2,1-5H3. The quantitative estimate of drug-likeness (QED) is 0.784. The first kappa shape index (κ1) is 18.4. The Balaban J connectivity index is 2.44. The molecule has 0 bridgehead atoms. The van der Waals surface area contributed by atoms with Crippen LogP contribution in [0.3, 0.4) is 0 Å². The van der Waals surface area contributed by atoms with Crippen molar-refractivity contribution in [1.29, 1.82) is 0 Å². The molecule has 1 heterocycles. The minimum atomic E-state index is 0.272. The van der Waals surface area contributed by atoms with E-state index < -0.39 is 0 Å². The number of likely N-dealkylation sites (tertiary alicyclic amines) is 1. The van der Waals surface area contributed by atoms with Gasteiger partial charge in [-0.1, -0.05) is 13.8 Å². The second-order valence-electron chi connectivity index (χ2n) is 7.30. The molecule has 0 saturated carbocycles. The molecule has 1 aliphatic heterocycles. The van der Waals surface area contributed by atoms with Gasteiger partial charge in [0.1, 0.15) is 0 Å². The van der Waals surface area contributed by atoms with Gasteiger partial charge in [0.05, 0.1) is 0 Å². The van der Waals surface area contributed by atoms with Gasteiger partial charge in [-0.25, -0.2) is 0 Å². The molecule has 0 aliphatic carbocycles. The van der Waals surface area contributed by atoms with Crippen LogP contribution in [0, 0.1) is 11.8 Å². The molecule has 1 rings (SSSR count). The van der Waals surface area contributed by atoms with Crippen molar-refractivity contribution in [2.24, 2.45) is 17.6 Å². The number of carbonyl (C=O) groups excluding carboxylic acids is 1. The van der Waals surface area contributed by atoms with Crippen LogP contribution in [-0.4, -0.2) is 54.5 Å². The summed E-state index contributed by atoms with van der Waals surface area (Å²) in [7, 11) is 1.97. The summed E-state index contributed by atoms with van der Waals surface area (Å²) in [6.45, 7) is 11.7. The number of nitrogens with two attached hydrogens (primary N) is 1. The molecule has 124 valence electrons. The van der Waals surface area contributed by atoms with Crippen molar-refractivity contribution >= 4 is 5.91 Å². The van der Waals surface area contributed by atoms with Gasteiger partial charge >= 0.3 is 0 Å². The molecule has 4 nitrogen and oxygen atoms in total. The minimum absolute atomic E-state index is 0.272. The molecular formula is C17H35N3O. The Labute approximate surface area is 131 Å². The van der Waals surface area contributed by atoms with Crippen LogP contribution in [0.4, 0.5) is 0 Å². The van der Waals surface area contributed by atoms with E-state index >= 15 is 0 Å². The highest BCUT2D eigenvalue weighted by Crippen LogP contribution is 2.20. The van der Waals surface area contributed by atoms with E-state index in [0.29, 0.717) is 36.9 Å². The predicted molar refractivity (Wildman–Crippen MR) is 89.1 cm³/mol. The molecule has 1 aliphatic rings. The maximum absolute atomic E-state index is 12.5. The van der Waals surface area contributed by atoms with E-state index in [2.05, 4.69) is 32.6 Å². The summed E-state index contributed by atoms with van der Waals surface area (Å²) in [6, 6.07) is 1.02. The van der Waals surface area contributed by atoms with Crippen LogP contribution in [0.2, 0.25) is 0 Å². The van der Waals surface area contributed by atoms with Crippen LogP contribution >= 0.6 is 0 Å². The zero-order valence-electron chi connectivity index (χ0n) is 14.6. The zero-order valence-corrected chi connectivity index (χ0v) is 14.6. The highest BCUT2D eigenvalue weighted by atomic mass is 16.2. The average molecular weight is 297 g/mol. The van der Waals surface area contributed by atoms with Crippen molar-refractivity contribution < 1.29 is 4.79 Å². The maximum Gasteiger partial charge on any atom is 0.222 e. The van der Waals surface area contributed by atoms with Gasteiger partial charge in [-0.05, 0) is 51.5 Å². The van der Waals surface area contributed by atoms with Gasteiger partial charge in [-0.2, -0.15) is 0 Å². The highest BCUT2D eigenvalue weighted by Gasteiger charge is 2.27. The summed E-state index contributed by atoms with van der Waals surface area (Å²) in [4.78, 5) is 16.9. The van der Waals surface area contributed by atoms with Crippen LogP contribution in [0.5, 0.6) is 0 Å². The summed E-state index contributed by atoms with van der Waals surface area (Å²) < 4.78 is 0. The number of nitrogens with zero attached hydrogens (tertiary/aromatic N) is 2. The number of hydrogen-bond donors (Lipinski definition) is 1. The van der Waals surface area contributed by atoms with E-state index in [1.807, 2.05) is 11.9 Å². The van der Waals surface area contributed by atoms with Crippen molar-refractivity contribution in [3.05, 3.63) is 0 Å². The minimum Gasteiger partial charge on any atom is -0.343 e. The van der Waals surface area contributed by atoms with Gasteiger partial charge in [0, 0.05) is 38.6 Å². The summed E-state index contributed by atoms with van der Waals surface area (Å²) in [5.74, 6) is 1.20. The van der Waals surface area contributed by atoms with Gasteiger partial charge in [0.25, 0.3) is 0 Å². The van der Waals surface area contributed by atoms with Gasteiger partial charge in [-0.3, -0.25) is 4.79 Å². The van der Waals surface area contributed by atoms with Crippen molar-refractivity contribution in [2.45, 2.75) is 65.5 Å². The monoisotopic (exact) mass is 297 g/mol. The smallest absolute Gasteiger partial charge is 0.222 e. The Hall–Kier alpha value is -0.610. The number of hydrogen-bond acceptors (Lipinski definition) is 3. The first-order valence-electron chi connectivity index (χ1n) is 8.54. The third kappa shape index (κ3) is 5.95. The molecule has 21 heavy (non-hydrogen) atoms. The van der Waals surface area contributed by atoms with E-state index in [0.717, 1.165) is 32.4 Å². The number of rotatable bonds is 7. The van der Waals surface area contributed by atoms with E-state index in [1.54, 1.807) is 0 Å². The molecule has 0 aromatic rings. The second kappa shape index (κ2) is 8.74. The SMILES string of the molecule is CC(C)CC(CN)CC(=O)N(C)C1CCN(C(C)C)CC1. The molecule has 0 radical (unpaired) electrons. The van der Waals surface area contributed by atoms with Crippen LogP contribution < -0.4 is 5.73 Å². The number of piperidine rings is 1. The van der Waals surface area contributed by atoms with E-state index in [1.165, 1.54) is 0 Å². The summed E-state index contributed by atoms with van der Waals surface area (Å²) >= 11 is 0. The fraction of sp³-hybridized carbons (Fsp3) is 0.941. The summed E-state index contributed by atoms with van der Waals surface area (Å²) in [5, 5.41) is 0. The fourth-order valence-corrected chi connectivity index (χ4v) is 3.31. The topological polar surface area (TPSA) is 49.6 Å². The Kier molecular flexibility index (Phi) is 7.67. The van der Waals surface area contributed by atoms with Crippen LogP contribution in [-0.2, 0) is 4.79 Å². The molecule has 4 heteroatoms. The Morgan fingerprint density at radius 1 is 1.24 bits per heavy atom. The van der Waals surface area contributed by atoms with Gasteiger partial charge in [-0.15, -0.1) is 0 Å². The molecule has 0 aromatic carbocycles. The van der Waals surface area contributed by atoms with Crippen molar-refractivity contribution in [3.63, 3.8) is 0 Å². The third-order valence-electron chi connectivity index (χ3n) is 4.77. The van der Waals surface area contributed by atoms with E-state index in [9.17, 15) is 4.79 Å². The molecule has 1 fully saturated rings. The van der Waals surface area contributed by atoms with Gasteiger partial charge < -0.3 is 15.5 Å². The lowest BCUT2D eigenvalue weighted by Crippen LogP contribution is -2.47. The summed E-state index contributed by atoms with van der Waals surface area (Å²) in [6.07, 6.45) is 3.84. The lowest BCUT2D eigenvalue weighted by molar-refractivity contribution is -0.134. The molecule has 1 saturated heterocycles. The lowest BCUT2D eigenvalue weighted by Gasteiger charge is -2.39. The van der Waals surface area contributed by atoms with E-state index in [4.69, 9.17) is 5.73 Å². The molecule has 0 spiro atoms. The highest BCUT2D eigenvalue weighted by molar-refractivity contribution is 5.76. The van der Waals surface area contributed by atoms with Crippen molar-refractivity contribution in [1.82, 2.24) is 9.80 Å². The first-order valence-corrected chi connectivity index (χ1v) is 8.54. The molecule has 1 amide bonds. The zero-order chi connectivity index (χ0) is 16.0. The summed E-state index contributed by atoms with van der Waals surface area (Å²) in [5.41, 5.74) is 5.82. The fourth-order valence-electron chi connectivity index (χ4n) is 3.31. The van der Waals surface area contributed by atoms with Gasteiger partial charge in [0.15, 0.2) is 0 Å². The number of amides is 1. The average Bonchev–Trinajstić information content (AvgIpc) is 2.45. The second-order valence-corrected chi connectivity index (χ2v) is 7.30. The number of carbonyl (C=O) groups is 1. The van der Waals surface area contributed by atoms with Crippen molar-refractivity contribution in [3.8, 4) is 0 Å². The largest absolute Gasteiger partial charge is 0.343 e. The predicted octanol–water partition coefficient (Wildman–Crippen LogP) is 2.33. The van der Waals surface area contributed by atoms with Crippen molar-refractivity contribution in [2.75, 3.05) is 26.7 Å². The Morgan fingerprint density at radius 3 is 2.24 bits per heavy atom. The maximum atomic E-state index is 12.5. The van der Waals surface area contributed by atoms with Crippen LogP contribution in [0.1, 0.15) is 53.4 Å². The molecule has 1 atom stereocenters. The normalized spacial score (nSPS) is 19.2. The molecular weight excluding hydrogens is 262 g/mol.